The number of carbonyl (C=O) groups is 1. The predicted molar refractivity (Wildman–Crippen MR) is 82.2 cm³/mol. The van der Waals surface area contributed by atoms with E-state index in [0.717, 1.165) is 32.1 Å². The highest BCUT2D eigenvalue weighted by molar-refractivity contribution is 5.76. The molecule has 1 fully saturated rings. The van der Waals surface area contributed by atoms with Crippen LogP contribution in [-0.2, 0) is 4.79 Å². The molecule has 0 bridgehead atoms. The molecule has 4 nitrogen and oxygen atoms in total. The van der Waals surface area contributed by atoms with Crippen molar-refractivity contribution in [3.63, 3.8) is 0 Å². The van der Waals surface area contributed by atoms with Gasteiger partial charge >= 0.3 is 0 Å². The molecule has 0 aromatic carbocycles. The zero-order valence-corrected chi connectivity index (χ0v) is 13.3. The maximum absolute atomic E-state index is 12.0. The fourth-order valence-electron chi connectivity index (χ4n) is 3.00. The van der Waals surface area contributed by atoms with Crippen LogP contribution in [0.3, 0.4) is 0 Å². The van der Waals surface area contributed by atoms with Crippen molar-refractivity contribution in [2.24, 2.45) is 23.5 Å². The number of nitrogens with two attached hydrogens (primary N) is 1. The Balaban J connectivity index is 2.31. The van der Waals surface area contributed by atoms with E-state index in [0.29, 0.717) is 31.3 Å². The molecule has 1 atom stereocenters. The van der Waals surface area contributed by atoms with Crippen LogP contribution >= 0.6 is 0 Å². The molecule has 0 spiro atoms. The van der Waals surface area contributed by atoms with E-state index in [9.17, 15) is 9.90 Å². The largest absolute Gasteiger partial charge is 0.388 e. The molecular weight excluding hydrogens is 252 g/mol. The van der Waals surface area contributed by atoms with Gasteiger partial charge in [-0.05, 0) is 56.4 Å². The van der Waals surface area contributed by atoms with Crippen LogP contribution in [0, 0.1) is 17.8 Å². The first kappa shape index (κ1) is 17.4. The molecule has 0 aromatic heterocycles. The van der Waals surface area contributed by atoms with Crippen molar-refractivity contribution in [2.45, 2.75) is 64.9 Å². The summed E-state index contributed by atoms with van der Waals surface area (Å²) in [5, 5.41) is 13.3. The number of nitrogens with one attached hydrogen (secondary N) is 1. The van der Waals surface area contributed by atoms with E-state index < -0.39 is 5.60 Å². The van der Waals surface area contributed by atoms with Crippen LogP contribution in [0.2, 0.25) is 0 Å². The highest BCUT2D eigenvalue weighted by atomic mass is 16.3. The first-order valence-corrected chi connectivity index (χ1v) is 8.04. The maximum atomic E-state index is 12.0. The Labute approximate surface area is 123 Å². The number of hydrogen-bond acceptors (Lipinski definition) is 3. The van der Waals surface area contributed by atoms with Gasteiger partial charge in [0.25, 0.3) is 0 Å². The van der Waals surface area contributed by atoms with Crippen molar-refractivity contribution in [2.75, 3.05) is 13.1 Å². The second-order valence-electron chi connectivity index (χ2n) is 7.12. The molecule has 1 amide bonds. The molecule has 1 rings (SSSR count). The first-order chi connectivity index (χ1) is 9.34. The SMILES string of the molecule is CC(C)CC(CN)CC(=O)NCC1(O)CCC(C)CC1. The summed E-state index contributed by atoms with van der Waals surface area (Å²) in [6.45, 7) is 7.44. The topological polar surface area (TPSA) is 75.4 Å². The fourth-order valence-corrected chi connectivity index (χ4v) is 3.00. The van der Waals surface area contributed by atoms with Gasteiger partial charge in [-0.1, -0.05) is 20.8 Å². The second-order valence-corrected chi connectivity index (χ2v) is 7.12. The van der Waals surface area contributed by atoms with Crippen molar-refractivity contribution in [3.8, 4) is 0 Å². The van der Waals surface area contributed by atoms with E-state index in [1.54, 1.807) is 0 Å². The number of rotatable bonds is 7. The smallest absolute Gasteiger partial charge is 0.220 e. The lowest BCUT2D eigenvalue weighted by atomic mass is 9.79. The van der Waals surface area contributed by atoms with Gasteiger partial charge in [0.15, 0.2) is 0 Å². The summed E-state index contributed by atoms with van der Waals surface area (Å²) in [4.78, 5) is 12.0. The summed E-state index contributed by atoms with van der Waals surface area (Å²) in [6, 6.07) is 0. The van der Waals surface area contributed by atoms with Crippen molar-refractivity contribution in [3.05, 3.63) is 0 Å². The zero-order chi connectivity index (χ0) is 15.2. The molecule has 118 valence electrons. The third kappa shape index (κ3) is 6.23. The molecule has 4 heteroatoms. The van der Waals surface area contributed by atoms with Crippen LogP contribution < -0.4 is 11.1 Å². The predicted octanol–water partition coefficient (Wildman–Crippen LogP) is 2.05. The highest BCUT2D eigenvalue weighted by Gasteiger charge is 2.32. The average Bonchev–Trinajstić information content (AvgIpc) is 2.39. The van der Waals surface area contributed by atoms with Gasteiger partial charge in [0.05, 0.1) is 5.60 Å². The monoisotopic (exact) mass is 284 g/mol. The summed E-state index contributed by atoms with van der Waals surface area (Å²) in [7, 11) is 0. The van der Waals surface area contributed by atoms with Crippen LogP contribution in [-0.4, -0.2) is 29.7 Å². The first-order valence-electron chi connectivity index (χ1n) is 8.04. The zero-order valence-electron chi connectivity index (χ0n) is 13.3. The molecule has 1 saturated carbocycles. The molecule has 0 aromatic rings. The minimum absolute atomic E-state index is 0.0214. The summed E-state index contributed by atoms with van der Waals surface area (Å²) < 4.78 is 0. The van der Waals surface area contributed by atoms with Gasteiger partial charge in [-0.15, -0.1) is 0 Å². The van der Waals surface area contributed by atoms with Gasteiger partial charge < -0.3 is 16.2 Å². The molecule has 0 aliphatic heterocycles. The van der Waals surface area contributed by atoms with E-state index >= 15 is 0 Å². The van der Waals surface area contributed by atoms with Gasteiger partial charge in [-0.2, -0.15) is 0 Å². The minimum atomic E-state index is -0.696. The van der Waals surface area contributed by atoms with E-state index in [2.05, 4.69) is 26.1 Å². The standard InChI is InChI=1S/C16H32N2O2/c1-12(2)8-14(10-17)9-15(19)18-11-16(20)6-4-13(3)5-7-16/h12-14,20H,4-11,17H2,1-3H3,(H,18,19). The molecule has 0 heterocycles. The van der Waals surface area contributed by atoms with Gasteiger partial charge in [0, 0.05) is 13.0 Å². The van der Waals surface area contributed by atoms with Gasteiger partial charge in [0.2, 0.25) is 5.91 Å². The lowest BCUT2D eigenvalue weighted by Crippen LogP contribution is -2.45. The summed E-state index contributed by atoms with van der Waals surface area (Å²) in [6.07, 6.45) is 5.13. The molecule has 20 heavy (non-hydrogen) atoms. The fraction of sp³-hybridized carbons (Fsp3) is 0.938. The quantitative estimate of drug-likeness (QED) is 0.670. The molecule has 1 aliphatic rings. The van der Waals surface area contributed by atoms with Gasteiger partial charge in [0.1, 0.15) is 0 Å². The molecule has 0 radical (unpaired) electrons. The normalized spacial score (nSPS) is 28.4. The maximum Gasteiger partial charge on any atom is 0.220 e. The minimum Gasteiger partial charge on any atom is -0.388 e. The van der Waals surface area contributed by atoms with E-state index in [1.807, 2.05) is 0 Å². The lowest BCUT2D eigenvalue weighted by Gasteiger charge is -2.35. The Hall–Kier alpha value is -0.610. The van der Waals surface area contributed by atoms with Gasteiger partial charge in [-0.25, -0.2) is 0 Å². The summed E-state index contributed by atoms with van der Waals surface area (Å²) in [5.74, 6) is 1.52. The van der Waals surface area contributed by atoms with E-state index in [-0.39, 0.29) is 11.8 Å². The van der Waals surface area contributed by atoms with Crippen LogP contribution in [0.25, 0.3) is 0 Å². The van der Waals surface area contributed by atoms with Crippen molar-refractivity contribution < 1.29 is 9.90 Å². The lowest BCUT2D eigenvalue weighted by molar-refractivity contribution is -0.123. The van der Waals surface area contributed by atoms with Gasteiger partial charge in [-0.3, -0.25) is 4.79 Å². The molecule has 1 unspecified atom stereocenters. The summed E-state index contributed by atoms with van der Waals surface area (Å²) in [5.41, 5.74) is 5.02. The Morgan fingerprint density at radius 2 is 2.00 bits per heavy atom. The Bertz CT molecular complexity index is 297. The number of carbonyl (C=O) groups excluding carboxylic acids is 1. The molecule has 4 N–H and O–H groups in total. The van der Waals surface area contributed by atoms with Crippen molar-refractivity contribution in [1.82, 2.24) is 5.32 Å². The molecule has 0 saturated heterocycles. The third-order valence-corrected chi connectivity index (χ3v) is 4.43. The van der Waals surface area contributed by atoms with Crippen LogP contribution in [0.1, 0.15) is 59.3 Å². The highest BCUT2D eigenvalue weighted by Crippen LogP contribution is 2.31. The number of aliphatic hydroxyl groups is 1. The third-order valence-electron chi connectivity index (χ3n) is 4.43. The Morgan fingerprint density at radius 1 is 1.40 bits per heavy atom. The molecular formula is C16H32N2O2. The van der Waals surface area contributed by atoms with E-state index in [1.165, 1.54) is 0 Å². The van der Waals surface area contributed by atoms with Crippen LogP contribution in [0.4, 0.5) is 0 Å². The Morgan fingerprint density at radius 3 is 2.50 bits per heavy atom. The Kier molecular flexibility index (Phi) is 6.96. The van der Waals surface area contributed by atoms with Crippen molar-refractivity contribution >= 4 is 5.91 Å². The van der Waals surface area contributed by atoms with Crippen LogP contribution in [0.5, 0.6) is 0 Å². The average molecular weight is 284 g/mol. The number of amides is 1. The van der Waals surface area contributed by atoms with E-state index in [4.69, 9.17) is 5.73 Å². The second kappa shape index (κ2) is 7.99. The molecule has 1 aliphatic carbocycles. The van der Waals surface area contributed by atoms with Crippen LogP contribution in [0.15, 0.2) is 0 Å². The number of hydrogen-bond donors (Lipinski definition) is 3. The van der Waals surface area contributed by atoms with Crippen molar-refractivity contribution in [1.29, 1.82) is 0 Å². The summed E-state index contributed by atoms with van der Waals surface area (Å²) >= 11 is 0.